The number of fused-ring (bicyclic) bond motifs is 7. The standard InChI is InChI=1S/C27H36O6/c1-14-10-19-17(12-18(14)29)16(13-30-15(2)28)11-20(31-19)27-25(5)9-7-8-24(3,4)22(25)21-23(32-21)26(27,6)33-27/h10-11,17,19-23H,7-9,12-13H2,1-6H3. The molecule has 9 unspecified atom stereocenters. The molecule has 2 saturated carbocycles. The zero-order valence-corrected chi connectivity index (χ0v) is 20.6. The van der Waals surface area contributed by atoms with Crippen LogP contribution in [0.2, 0.25) is 0 Å². The van der Waals surface area contributed by atoms with Crippen molar-refractivity contribution >= 4 is 11.8 Å². The van der Waals surface area contributed by atoms with Crippen molar-refractivity contribution in [2.24, 2.45) is 22.7 Å². The van der Waals surface area contributed by atoms with E-state index in [0.717, 1.165) is 24.0 Å². The van der Waals surface area contributed by atoms with Crippen LogP contribution >= 0.6 is 0 Å². The van der Waals surface area contributed by atoms with Crippen molar-refractivity contribution in [2.45, 2.75) is 103 Å². The Labute approximate surface area is 196 Å². The van der Waals surface area contributed by atoms with Crippen LogP contribution in [0.1, 0.15) is 67.2 Å². The highest BCUT2D eigenvalue weighted by molar-refractivity contribution is 5.96. The summed E-state index contributed by atoms with van der Waals surface area (Å²) in [6.45, 7) is 12.8. The van der Waals surface area contributed by atoms with Crippen molar-refractivity contribution in [1.29, 1.82) is 0 Å². The number of ether oxygens (including phenoxy) is 4. The highest BCUT2D eigenvalue weighted by atomic mass is 16.7. The summed E-state index contributed by atoms with van der Waals surface area (Å²) in [7, 11) is 0. The molecule has 4 fully saturated rings. The number of hydrogen-bond acceptors (Lipinski definition) is 6. The Morgan fingerprint density at radius 2 is 1.91 bits per heavy atom. The van der Waals surface area contributed by atoms with Gasteiger partial charge in [-0.2, -0.15) is 0 Å². The van der Waals surface area contributed by atoms with E-state index in [9.17, 15) is 9.59 Å². The monoisotopic (exact) mass is 456 g/mol. The van der Waals surface area contributed by atoms with Gasteiger partial charge in [0.05, 0.1) is 12.2 Å². The lowest BCUT2D eigenvalue weighted by molar-refractivity contribution is -0.143. The molecule has 0 aromatic carbocycles. The van der Waals surface area contributed by atoms with Crippen molar-refractivity contribution in [3.63, 3.8) is 0 Å². The van der Waals surface area contributed by atoms with Crippen molar-refractivity contribution in [1.82, 2.24) is 0 Å². The average Bonchev–Trinajstić information content (AvgIpc) is 3.61. The number of carbonyl (C=O) groups excluding carboxylic acids is 2. The zero-order chi connectivity index (χ0) is 23.6. The number of hydrogen-bond donors (Lipinski definition) is 0. The summed E-state index contributed by atoms with van der Waals surface area (Å²) in [5, 5.41) is 0. The molecule has 33 heavy (non-hydrogen) atoms. The minimum atomic E-state index is -0.490. The summed E-state index contributed by atoms with van der Waals surface area (Å²) in [5.74, 6) is 0.114. The first-order valence-electron chi connectivity index (χ1n) is 12.5. The molecule has 6 heteroatoms. The van der Waals surface area contributed by atoms with E-state index in [2.05, 4.69) is 33.8 Å². The first-order chi connectivity index (χ1) is 15.4. The largest absolute Gasteiger partial charge is 0.461 e. The SMILES string of the molecule is CC(=O)OCC1=CC(C23OC2(C)C2OC2C2C(C)(C)CCCC23C)OC2C=C(C)C(=O)CC12. The van der Waals surface area contributed by atoms with Crippen molar-refractivity contribution < 1.29 is 28.5 Å². The fraction of sp³-hybridized carbons (Fsp3) is 0.778. The molecule has 3 aliphatic heterocycles. The minimum absolute atomic E-state index is 0.0923. The fourth-order valence-corrected chi connectivity index (χ4v) is 8.55. The lowest BCUT2D eigenvalue weighted by Crippen LogP contribution is -2.64. The van der Waals surface area contributed by atoms with E-state index in [1.54, 1.807) is 0 Å². The summed E-state index contributed by atoms with van der Waals surface area (Å²) in [6.07, 6.45) is 7.77. The molecule has 180 valence electrons. The van der Waals surface area contributed by atoms with Crippen LogP contribution in [-0.4, -0.2) is 54.0 Å². The molecular weight excluding hydrogens is 420 g/mol. The number of epoxide rings is 2. The van der Waals surface area contributed by atoms with Gasteiger partial charge in [-0.05, 0) is 55.4 Å². The Balaban J connectivity index is 1.44. The molecule has 3 heterocycles. The first kappa shape index (κ1) is 22.0. The predicted molar refractivity (Wildman–Crippen MR) is 120 cm³/mol. The van der Waals surface area contributed by atoms with Gasteiger partial charge >= 0.3 is 5.97 Å². The van der Waals surface area contributed by atoms with Crippen molar-refractivity contribution in [3.8, 4) is 0 Å². The maximum atomic E-state index is 12.5. The van der Waals surface area contributed by atoms with Gasteiger partial charge in [0.25, 0.3) is 0 Å². The summed E-state index contributed by atoms with van der Waals surface area (Å²) in [4.78, 5) is 24.1. The van der Waals surface area contributed by atoms with Gasteiger partial charge in [-0.3, -0.25) is 9.59 Å². The number of carbonyl (C=O) groups is 2. The molecule has 0 aromatic heterocycles. The lowest BCUT2D eigenvalue weighted by Gasteiger charge is -2.57. The van der Waals surface area contributed by atoms with E-state index in [0.29, 0.717) is 12.3 Å². The minimum Gasteiger partial charge on any atom is -0.461 e. The number of ketones is 1. The van der Waals surface area contributed by atoms with Crippen LogP contribution in [0, 0.1) is 22.7 Å². The zero-order valence-electron chi connectivity index (χ0n) is 20.6. The van der Waals surface area contributed by atoms with Crippen LogP contribution in [0.5, 0.6) is 0 Å². The van der Waals surface area contributed by atoms with Gasteiger partial charge in [-0.15, -0.1) is 0 Å². The smallest absolute Gasteiger partial charge is 0.302 e. The second-order valence-corrected chi connectivity index (χ2v) is 12.3. The van der Waals surface area contributed by atoms with Gasteiger partial charge in [0.15, 0.2) is 5.78 Å². The number of Topliss-reactive ketones (excluding diaryl/α,β-unsaturated/α-hetero) is 1. The normalized spacial score (nSPS) is 51.2. The van der Waals surface area contributed by atoms with E-state index in [1.165, 1.54) is 13.3 Å². The van der Waals surface area contributed by atoms with Crippen LogP contribution in [0.3, 0.4) is 0 Å². The Morgan fingerprint density at radius 3 is 2.64 bits per heavy atom. The third-order valence-corrected chi connectivity index (χ3v) is 10.0. The highest BCUT2D eigenvalue weighted by Gasteiger charge is 2.91. The molecule has 9 atom stereocenters. The molecule has 6 aliphatic rings. The molecule has 0 radical (unpaired) electrons. The average molecular weight is 457 g/mol. The Kier molecular flexibility index (Phi) is 4.39. The Hall–Kier alpha value is -1.50. The maximum Gasteiger partial charge on any atom is 0.302 e. The summed E-state index contributed by atoms with van der Waals surface area (Å²) < 4.78 is 25.4. The van der Waals surface area contributed by atoms with Gasteiger partial charge in [0.2, 0.25) is 0 Å². The number of allylic oxidation sites excluding steroid dienone is 1. The van der Waals surface area contributed by atoms with Crippen LogP contribution in [-0.2, 0) is 28.5 Å². The third kappa shape index (κ3) is 2.72. The number of esters is 1. The van der Waals surface area contributed by atoms with Crippen LogP contribution < -0.4 is 0 Å². The Morgan fingerprint density at radius 1 is 1.15 bits per heavy atom. The lowest BCUT2D eigenvalue weighted by atomic mass is 9.45. The third-order valence-electron chi connectivity index (χ3n) is 10.0. The maximum absolute atomic E-state index is 12.5. The van der Waals surface area contributed by atoms with Crippen LogP contribution in [0.4, 0.5) is 0 Å². The summed E-state index contributed by atoms with van der Waals surface area (Å²) in [5.41, 5.74) is 0.922. The molecule has 6 rings (SSSR count). The van der Waals surface area contributed by atoms with E-state index in [-0.39, 0.29) is 65.1 Å². The van der Waals surface area contributed by atoms with Gasteiger partial charge in [0.1, 0.15) is 30.0 Å². The van der Waals surface area contributed by atoms with Crippen LogP contribution in [0.25, 0.3) is 0 Å². The number of rotatable bonds is 3. The second-order valence-electron chi connectivity index (χ2n) is 12.3. The molecule has 0 bridgehead atoms. The predicted octanol–water partition coefficient (Wildman–Crippen LogP) is 3.92. The molecule has 2 saturated heterocycles. The highest BCUT2D eigenvalue weighted by Crippen LogP contribution is 2.79. The van der Waals surface area contributed by atoms with E-state index in [4.69, 9.17) is 18.9 Å². The Bertz CT molecular complexity index is 995. The van der Waals surface area contributed by atoms with E-state index < -0.39 is 5.60 Å². The molecule has 0 spiro atoms. The molecule has 0 aromatic rings. The van der Waals surface area contributed by atoms with Gasteiger partial charge < -0.3 is 18.9 Å². The van der Waals surface area contributed by atoms with E-state index in [1.807, 2.05) is 13.0 Å². The molecule has 0 N–H and O–H groups in total. The van der Waals surface area contributed by atoms with Gasteiger partial charge in [-0.25, -0.2) is 0 Å². The fourth-order valence-electron chi connectivity index (χ4n) is 8.55. The topological polar surface area (TPSA) is 77.7 Å². The van der Waals surface area contributed by atoms with E-state index >= 15 is 0 Å². The van der Waals surface area contributed by atoms with Gasteiger partial charge in [0, 0.05) is 30.6 Å². The summed E-state index contributed by atoms with van der Waals surface area (Å²) >= 11 is 0. The molecule has 6 nitrogen and oxygen atoms in total. The van der Waals surface area contributed by atoms with Crippen LogP contribution in [0.15, 0.2) is 23.3 Å². The second kappa shape index (κ2) is 6.58. The van der Waals surface area contributed by atoms with Crippen molar-refractivity contribution in [3.05, 3.63) is 23.3 Å². The first-order valence-corrected chi connectivity index (χ1v) is 12.5. The van der Waals surface area contributed by atoms with Crippen molar-refractivity contribution in [2.75, 3.05) is 6.61 Å². The molecule has 0 amide bonds. The summed E-state index contributed by atoms with van der Waals surface area (Å²) in [6, 6.07) is 0. The molecular formula is C27H36O6. The molecule has 3 aliphatic carbocycles. The van der Waals surface area contributed by atoms with Gasteiger partial charge in [-0.1, -0.05) is 27.2 Å². The quantitative estimate of drug-likeness (QED) is 0.364.